The van der Waals surface area contributed by atoms with Crippen molar-refractivity contribution in [3.05, 3.63) is 41.2 Å². The van der Waals surface area contributed by atoms with Gasteiger partial charge in [-0.2, -0.15) is 0 Å². The fraction of sp³-hybridized carbons (Fsp3) is 0.438. The summed E-state index contributed by atoms with van der Waals surface area (Å²) >= 11 is 0. The number of hydrogen-bond donors (Lipinski definition) is 1. The molecular weight excluding hydrogens is 291 g/mol. The predicted molar refractivity (Wildman–Crippen MR) is 78.6 cm³/mol. The van der Waals surface area contributed by atoms with Crippen LogP contribution in [0.2, 0.25) is 0 Å². The fourth-order valence-corrected chi connectivity index (χ4v) is 2.74. The summed E-state index contributed by atoms with van der Waals surface area (Å²) in [7, 11) is 0. The van der Waals surface area contributed by atoms with Gasteiger partial charge in [-0.05, 0) is 30.7 Å². The van der Waals surface area contributed by atoms with Gasteiger partial charge in [-0.25, -0.2) is 0 Å². The molecule has 4 amide bonds. The van der Waals surface area contributed by atoms with Crippen LogP contribution >= 0.6 is 0 Å². The van der Waals surface area contributed by atoms with Crippen LogP contribution in [0, 0.1) is 11.3 Å². The van der Waals surface area contributed by atoms with E-state index in [1.54, 1.807) is 0 Å². The number of rotatable bonds is 5. The first-order chi connectivity index (χ1) is 9.94. The van der Waals surface area contributed by atoms with E-state index < -0.39 is 23.3 Å². The van der Waals surface area contributed by atoms with E-state index in [0.717, 1.165) is 5.56 Å². The number of carbonyl (C=O) groups excluding carboxylic acids is 3. The molecule has 1 aromatic carbocycles. The molecule has 5 nitrogen and oxygen atoms in total. The van der Waals surface area contributed by atoms with Crippen LogP contribution in [0.1, 0.15) is 32.3 Å². The van der Waals surface area contributed by atoms with E-state index in [1.807, 2.05) is 44.2 Å². The number of carbonyl (C=O) groups is 3. The smallest absolute Gasteiger partial charge is 0.394 e. The summed E-state index contributed by atoms with van der Waals surface area (Å²) in [6.45, 7) is 3.89. The van der Waals surface area contributed by atoms with Crippen LogP contribution in [-0.2, 0) is 16.0 Å². The van der Waals surface area contributed by atoms with Gasteiger partial charge < -0.3 is 10.6 Å². The molecule has 0 bridgehead atoms. The second-order valence-corrected chi connectivity index (χ2v) is 5.84. The van der Waals surface area contributed by atoms with Gasteiger partial charge in [-0.1, -0.05) is 44.2 Å². The molecular formula is C16H19N2NaO3. The van der Waals surface area contributed by atoms with Crippen molar-refractivity contribution in [1.82, 2.24) is 5.32 Å². The van der Waals surface area contributed by atoms with E-state index in [9.17, 15) is 14.4 Å². The molecule has 22 heavy (non-hydrogen) atoms. The van der Waals surface area contributed by atoms with E-state index in [1.165, 1.54) is 0 Å². The Labute approximate surface area is 152 Å². The van der Waals surface area contributed by atoms with Crippen molar-refractivity contribution >= 4 is 17.8 Å². The van der Waals surface area contributed by atoms with Gasteiger partial charge in [0.25, 0.3) is 0 Å². The van der Waals surface area contributed by atoms with Crippen LogP contribution in [0.25, 0.3) is 5.32 Å². The Morgan fingerprint density at radius 2 is 1.77 bits per heavy atom. The first kappa shape index (κ1) is 18.9. The summed E-state index contributed by atoms with van der Waals surface area (Å²) < 4.78 is 0. The molecule has 0 aromatic heterocycles. The average Bonchev–Trinajstić information content (AvgIpc) is 2.42. The van der Waals surface area contributed by atoms with Gasteiger partial charge in [-0.3, -0.25) is 14.4 Å². The Hall–Kier alpha value is -1.17. The van der Waals surface area contributed by atoms with E-state index in [-0.39, 0.29) is 35.5 Å². The Bertz CT molecular complexity index is 538. The summed E-state index contributed by atoms with van der Waals surface area (Å²) in [5, 5.41) is 5.62. The molecule has 1 N–H and O–H groups in total. The molecule has 1 fully saturated rings. The molecule has 1 aliphatic rings. The van der Waals surface area contributed by atoms with Crippen LogP contribution in [0.5, 0.6) is 0 Å². The summed E-state index contributed by atoms with van der Waals surface area (Å²) in [5.74, 6) is -0.975. The van der Waals surface area contributed by atoms with Crippen molar-refractivity contribution in [3.63, 3.8) is 0 Å². The molecule has 0 saturated carbocycles. The van der Waals surface area contributed by atoms with Crippen molar-refractivity contribution in [3.8, 4) is 0 Å². The molecule has 0 spiro atoms. The molecule has 1 unspecified atom stereocenters. The van der Waals surface area contributed by atoms with E-state index >= 15 is 0 Å². The maximum Gasteiger partial charge on any atom is 1.00 e. The molecule has 1 aromatic rings. The quantitative estimate of drug-likeness (QED) is 0.605. The first-order valence-electron chi connectivity index (χ1n) is 7.09. The summed E-state index contributed by atoms with van der Waals surface area (Å²) in [5.41, 5.74) is -0.170. The Morgan fingerprint density at radius 1 is 1.14 bits per heavy atom. The third-order valence-electron chi connectivity index (χ3n) is 3.71. The zero-order valence-corrected chi connectivity index (χ0v) is 15.3. The second-order valence-electron chi connectivity index (χ2n) is 5.84. The Balaban J connectivity index is 0.00000242. The van der Waals surface area contributed by atoms with E-state index in [0.29, 0.717) is 19.3 Å². The maximum atomic E-state index is 12.3. The molecule has 0 radical (unpaired) electrons. The van der Waals surface area contributed by atoms with Gasteiger partial charge >= 0.3 is 29.6 Å². The van der Waals surface area contributed by atoms with Gasteiger partial charge in [0.15, 0.2) is 17.8 Å². The number of benzene rings is 1. The van der Waals surface area contributed by atoms with Gasteiger partial charge in [0.2, 0.25) is 0 Å². The number of urea groups is 1. The third-order valence-corrected chi connectivity index (χ3v) is 3.71. The Morgan fingerprint density at radius 3 is 2.32 bits per heavy atom. The van der Waals surface area contributed by atoms with Crippen LogP contribution in [0.3, 0.4) is 0 Å². The van der Waals surface area contributed by atoms with Gasteiger partial charge in [0.05, 0.1) is 5.41 Å². The zero-order chi connectivity index (χ0) is 15.5. The van der Waals surface area contributed by atoms with Crippen LogP contribution in [0.15, 0.2) is 30.3 Å². The first-order valence-corrected chi connectivity index (χ1v) is 7.09. The number of amides is 4. The molecule has 0 aliphatic carbocycles. The number of aryl methyl sites for hydroxylation is 1. The SMILES string of the molecule is CC(C)CC1(CCc2ccccc2)C(=O)[N-]C(=O)NC1=O.[Na+]. The molecule has 1 atom stereocenters. The normalized spacial score (nSPS) is 21.1. The molecule has 6 heteroatoms. The standard InChI is InChI=1S/C16H20N2O3.Na/c1-11(2)10-16(9-8-12-6-4-3-5-7-12)13(19)17-15(21)18-14(16)20;/h3-7,11H,8-10H2,1-2H3,(H2,17,18,19,20,21);/q;+1/p-1. The van der Waals surface area contributed by atoms with Crippen molar-refractivity contribution < 1.29 is 43.9 Å². The number of nitrogens with zero attached hydrogens (tertiary/aromatic N) is 1. The molecule has 2 rings (SSSR count). The van der Waals surface area contributed by atoms with Crippen LogP contribution in [0.4, 0.5) is 4.79 Å². The zero-order valence-electron chi connectivity index (χ0n) is 13.3. The second kappa shape index (κ2) is 7.90. The van der Waals surface area contributed by atoms with Crippen molar-refractivity contribution in [2.24, 2.45) is 11.3 Å². The minimum absolute atomic E-state index is 0. The minimum Gasteiger partial charge on any atom is -0.394 e. The largest absolute Gasteiger partial charge is 1.00 e. The molecule has 112 valence electrons. The van der Waals surface area contributed by atoms with Gasteiger partial charge in [0.1, 0.15) is 0 Å². The Kier molecular flexibility index (Phi) is 6.78. The van der Waals surface area contributed by atoms with Crippen molar-refractivity contribution in [1.29, 1.82) is 0 Å². The monoisotopic (exact) mass is 310 g/mol. The molecule has 1 aliphatic heterocycles. The van der Waals surface area contributed by atoms with Crippen molar-refractivity contribution in [2.45, 2.75) is 33.1 Å². The molecule has 1 saturated heterocycles. The maximum absolute atomic E-state index is 12.3. The average molecular weight is 310 g/mol. The van der Waals surface area contributed by atoms with Gasteiger partial charge in [0, 0.05) is 0 Å². The number of imide groups is 2. The molecule has 1 heterocycles. The fourth-order valence-electron chi connectivity index (χ4n) is 2.74. The van der Waals surface area contributed by atoms with Gasteiger partial charge in [-0.15, -0.1) is 0 Å². The number of nitrogens with one attached hydrogen (secondary N) is 1. The summed E-state index contributed by atoms with van der Waals surface area (Å²) in [6, 6.07) is 8.80. The minimum atomic E-state index is -1.22. The number of hydrogen-bond acceptors (Lipinski definition) is 3. The summed E-state index contributed by atoms with van der Waals surface area (Å²) in [6.07, 6.45) is 1.34. The van der Waals surface area contributed by atoms with E-state index in [4.69, 9.17) is 0 Å². The topological polar surface area (TPSA) is 77.3 Å². The van der Waals surface area contributed by atoms with Crippen molar-refractivity contribution in [2.75, 3.05) is 0 Å². The van der Waals surface area contributed by atoms with Crippen LogP contribution < -0.4 is 34.9 Å². The number of barbiturate groups is 1. The predicted octanol–water partition coefficient (Wildman–Crippen LogP) is -0.194. The summed E-state index contributed by atoms with van der Waals surface area (Å²) in [4.78, 5) is 35.7. The van der Waals surface area contributed by atoms with E-state index in [2.05, 4.69) is 10.6 Å². The van der Waals surface area contributed by atoms with Crippen LogP contribution in [-0.4, -0.2) is 17.8 Å². The third kappa shape index (κ3) is 4.18.